The zero-order valence-corrected chi connectivity index (χ0v) is 7.85. The summed E-state index contributed by atoms with van der Waals surface area (Å²) >= 11 is 5.93. The molecule has 0 fully saturated rings. The van der Waals surface area contributed by atoms with Crippen molar-refractivity contribution in [2.45, 2.75) is 0 Å². The van der Waals surface area contributed by atoms with Crippen molar-refractivity contribution in [3.8, 4) is 5.69 Å². The lowest BCUT2D eigenvalue weighted by atomic mass is 10.3. The molecule has 2 rings (SSSR count). The molecule has 70 valence electrons. The van der Waals surface area contributed by atoms with Crippen LogP contribution in [0.15, 0.2) is 30.6 Å². The monoisotopic (exact) mass is 207 g/mol. The average Bonchev–Trinajstić information content (AvgIpc) is 2.67. The van der Waals surface area contributed by atoms with Gasteiger partial charge in [0.05, 0.1) is 10.7 Å². The number of para-hydroxylation sites is 1. The summed E-state index contributed by atoms with van der Waals surface area (Å²) in [5.41, 5.74) is 0.703. The molecule has 4 nitrogen and oxygen atoms in total. The van der Waals surface area contributed by atoms with Crippen LogP contribution in [0.5, 0.6) is 0 Å². The number of rotatable bonds is 2. The van der Waals surface area contributed by atoms with Gasteiger partial charge in [0, 0.05) is 0 Å². The highest BCUT2D eigenvalue weighted by molar-refractivity contribution is 6.32. The molecule has 0 atom stereocenters. The number of carbonyl (C=O) groups is 1. The third-order valence-electron chi connectivity index (χ3n) is 1.71. The van der Waals surface area contributed by atoms with Gasteiger partial charge in [0.15, 0.2) is 6.29 Å². The Kier molecular flexibility index (Phi) is 2.28. The Hall–Kier alpha value is -1.68. The van der Waals surface area contributed by atoms with Crippen LogP contribution >= 0.6 is 11.6 Å². The maximum atomic E-state index is 10.4. The van der Waals surface area contributed by atoms with Crippen molar-refractivity contribution in [2.75, 3.05) is 0 Å². The van der Waals surface area contributed by atoms with E-state index in [-0.39, 0.29) is 5.82 Å². The van der Waals surface area contributed by atoms with Gasteiger partial charge in [-0.05, 0) is 12.1 Å². The minimum atomic E-state index is 0.143. The topological polar surface area (TPSA) is 47.8 Å². The SMILES string of the molecule is O=Cc1ncn(-c2ccccc2Cl)n1. The number of hydrogen-bond donors (Lipinski definition) is 0. The van der Waals surface area contributed by atoms with Crippen LogP contribution in [0.25, 0.3) is 5.69 Å². The smallest absolute Gasteiger partial charge is 0.214 e. The number of benzene rings is 1. The van der Waals surface area contributed by atoms with E-state index in [1.807, 2.05) is 12.1 Å². The Morgan fingerprint density at radius 1 is 1.36 bits per heavy atom. The normalized spacial score (nSPS) is 10.1. The Bertz CT molecular complexity index is 467. The maximum absolute atomic E-state index is 10.4. The van der Waals surface area contributed by atoms with Crippen LogP contribution in [0.3, 0.4) is 0 Å². The lowest BCUT2D eigenvalue weighted by Gasteiger charge is -2.01. The first kappa shape index (κ1) is 8.90. The van der Waals surface area contributed by atoms with Crippen molar-refractivity contribution >= 4 is 17.9 Å². The fourth-order valence-electron chi connectivity index (χ4n) is 1.08. The summed E-state index contributed by atoms with van der Waals surface area (Å²) < 4.78 is 1.46. The van der Waals surface area contributed by atoms with Gasteiger partial charge in [-0.15, -0.1) is 5.10 Å². The van der Waals surface area contributed by atoms with Crippen LogP contribution in [-0.4, -0.2) is 21.1 Å². The van der Waals surface area contributed by atoms with Crippen LogP contribution in [-0.2, 0) is 0 Å². The van der Waals surface area contributed by atoms with E-state index in [1.165, 1.54) is 11.0 Å². The van der Waals surface area contributed by atoms with E-state index in [2.05, 4.69) is 10.1 Å². The second-order valence-electron chi connectivity index (χ2n) is 2.62. The van der Waals surface area contributed by atoms with Gasteiger partial charge < -0.3 is 0 Å². The molecule has 1 heterocycles. The highest BCUT2D eigenvalue weighted by Gasteiger charge is 2.04. The number of aromatic nitrogens is 3. The third kappa shape index (κ3) is 1.52. The second-order valence-corrected chi connectivity index (χ2v) is 3.02. The Morgan fingerprint density at radius 3 is 2.79 bits per heavy atom. The molecule has 0 aliphatic heterocycles. The largest absolute Gasteiger partial charge is 0.294 e. The molecule has 0 saturated heterocycles. The summed E-state index contributed by atoms with van der Waals surface area (Å²) in [6.45, 7) is 0. The molecule has 0 aliphatic rings. The molecule has 5 heteroatoms. The molecule has 0 N–H and O–H groups in total. The fraction of sp³-hybridized carbons (Fsp3) is 0. The van der Waals surface area contributed by atoms with Crippen molar-refractivity contribution in [1.82, 2.24) is 14.8 Å². The highest BCUT2D eigenvalue weighted by Crippen LogP contribution is 2.18. The summed E-state index contributed by atoms with van der Waals surface area (Å²) in [4.78, 5) is 14.1. The quantitative estimate of drug-likeness (QED) is 0.705. The van der Waals surface area contributed by atoms with Crippen LogP contribution in [0.4, 0.5) is 0 Å². The van der Waals surface area contributed by atoms with Gasteiger partial charge in [0.25, 0.3) is 0 Å². The second kappa shape index (κ2) is 3.59. The van der Waals surface area contributed by atoms with E-state index in [0.717, 1.165) is 0 Å². The van der Waals surface area contributed by atoms with Gasteiger partial charge in [0.2, 0.25) is 5.82 Å². The van der Waals surface area contributed by atoms with E-state index in [1.54, 1.807) is 12.1 Å². The minimum absolute atomic E-state index is 0.143. The number of aldehydes is 1. The van der Waals surface area contributed by atoms with E-state index in [9.17, 15) is 4.79 Å². The van der Waals surface area contributed by atoms with Gasteiger partial charge in [-0.25, -0.2) is 9.67 Å². The predicted octanol–water partition coefficient (Wildman–Crippen LogP) is 1.73. The summed E-state index contributed by atoms with van der Waals surface area (Å²) in [5, 5.41) is 4.48. The zero-order valence-electron chi connectivity index (χ0n) is 7.09. The Labute approximate surface area is 85.1 Å². The molecule has 0 aliphatic carbocycles. The van der Waals surface area contributed by atoms with Gasteiger partial charge in [0.1, 0.15) is 6.33 Å². The van der Waals surface area contributed by atoms with Crippen molar-refractivity contribution in [3.63, 3.8) is 0 Å². The van der Waals surface area contributed by atoms with E-state index in [0.29, 0.717) is 17.0 Å². The first-order valence-electron chi connectivity index (χ1n) is 3.93. The number of carbonyl (C=O) groups excluding carboxylic acids is 1. The summed E-state index contributed by atoms with van der Waals surface area (Å²) in [5.74, 6) is 0.143. The van der Waals surface area contributed by atoms with E-state index >= 15 is 0 Å². The molecule has 0 saturated carbocycles. The molecular formula is C9H6ClN3O. The van der Waals surface area contributed by atoms with Gasteiger partial charge in [-0.2, -0.15) is 0 Å². The van der Waals surface area contributed by atoms with Crippen LogP contribution in [0, 0.1) is 0 Å². The summed E-state index contributed by atoms with van der Waals surface area (Å²) in [7, 11) is 0. The number of nitrogens with zero attached hydrogens (tertiary/aromatic N) is 3. The highest BCUT2D eigenvalue weighted by atomic mass is 35.5. The zero-order chi connectivity index (χ0) is 9.97. The van der Waals surface area contributed by atoms with Gasteiger partial charge in [-0.1, -0.05) is 23.7 Å². The van der Waals surface area contributed by atoms with Crippen molar-refractivity contribution in [1.29, 1.82) is 0 Å². The molecule has 0 unspecified atom stereocenters. The molecule has 2 aromatic rings. The van der Waals surface area contributed by atoms with E-state index in [4.69, 9.17) is 11.6 Å². The maximum Gasteiger partial charge on any atom is 0.214 e. The molecule has 0 amide bonds. The van der Waals surface area contributed by atoms with Crippen molar-refractivity contribution in [2.24, 2.45) is 0 Å². The lowest BCUT2D eigenvalue weighted by Crippen LogP contribution is -1.96. The molecule has 0 bridgehead atoms. The van der Waals surface area contributed by atoms with Crippen LogP contribution < -0.4 is 0 Å². The van der Waals surface area contributed by atoms with Crippen LogP contribution in [0.1, 0.15) is 10.6 Å². The molecule has 0 spiro atoms. The first-order chi connectivity index (χ1) is 6.81. The summed E-state index contributed by atoms with van der Waals surface area (Å²) in [6.07, 6.45) is 2.04. The minimum Gasteiger partial charge on any atom is -0.294 e. The van der Waals surface area contributed by atoms with Gasteiger partial charge >= 0.3 is 0 Å². The fourth-order valence-corrected chi connectivity index (χ4v) is 1.31. The van der Waals surface area contributed by atoms with Crippen molar-refractivity contribution in [3.05, 3.63) is 41.4 Å². The molecule has 1 aromatic carbocycles. The molecule has 14 heavy (non-hydrogen) atoms. The average molecular weight is 208 g/mol. The lowest BCUT2D eigenvalue weighted by molar-refractivity contribution is 0.111. The third-order valence-corrected chi connectivity index (χ3v) is 2.03. The van der Waals surface area contributed by atoms with Crippen molar-refractivity contribution < 1.29 is 4.79 Å². The van der Waals surface area contributed by atoms with E-state index < -0.39 is 0 Å². The predicted molar refractivity (Wildman–Crippen MR) is 51.8 cm³/mol. The number of halogens is 1. The Balaban J connectivity index is 2.49. The Morgan fingerprint density at radius 2 is 2.14 bits per heavy atom. The summed E-state index contributed by atoms with van der Waals surface area (Å²) in [6, 6.07) is 7.21. The van der Waals surface area contributed by atoms with Gasteiger partial charge in [-0.3, -0.25) is 4.79 Å². The first-order valence-corrected chi connectivity index (χ1v) is 4.31. The van der Waals surface area contributed by atoms with Crippen LogP contribution in [0.2, 0.25) is 5.02 Å². The molecule has 1 aromatic heterocycles. The molecular weight excluding hydrogens is 202 g/mol. The molecule has 0 radical (unpaired) electrons. The number of hydrogen-bond acceptors (Lipinski definition) is 3. The standard InChI is InChI=1S/C9H6ClN3O/c10-7-3-1-2-4-8(7)13-6-11-9(5-14)12-13/h1-6H.